The summed E-state index contributed by atoms with van der Waals surface area (Å²) in [6, 6.07) is 17.1. The fourth-order valence-electron chi connectivity index (χ4n) is 6.04. The van der Waals surface area contributed by atoms with Gasteiger partial charge in [0.15, 0.2) is 18.1 Å². The van der Waals surface area contributed by atoms with E-state index in [9.17, 15) is 34.2 Å². The van der Waals surface area contributed by atoms with Gasteiger partial charge in [0.25, 0.3) is 17.4 Å². The minimum absolute atomic E-state index is 0.238. The normalized spacial score (nSPS) is 29.3. The fourth-order valence-corrected chi connectivity index (χ4v) is 6.04. The van der Waals surface area contributed by atoms with E-state index in [1.807, 2.05) is 6.07 Å². The van der Waals surface area contributed by atoms with Crippen LogP contribution < -0.4 is 27.6 Å². The number of aromatic amines is 1. The van der Waals surface area contributed by atoms with Gasteiger partial charge in [0.05, 0.1) is 11.4 Å². The van der Waals surface area contributed by atoms with Crippen molar-refractivity contribution in [2.75, 3.05) is 12.1 Å². The number of anilines is 1. The van der Waals surface area contributed by atoms with Gasteiger partial charge < -0.3 is 50.3 Å². The number of hydrogen-bond donors (Lipinski definition) is 6. The van der Waals surface area contributed by atoms with Crippen molar-refractivity contribution in [2.45, 2.75) is 55.3 Å². The number of rotatable bonds is 8. The molecule has 18 nitrogen and oxygen atoms in total. The number of H-pyrrole nitrogens is 1. The summed E-state index contributed by atoms with van der Waals surface area (Å²) in [5.41, 5.74) is 6.36. The Labute approximate surface area is 281 Å². The summed E-state index contributed by atoms with van der Waals surface area (Å²) >= 11 is 0. The van der Waals surface area contributed by atoms with Crippen molar-refractivity contribution in [2.24, 2.45) is 10.7 Å². The molecule has 1 aromatic heterocycles. The molecule has 0 aliphatic carbocycles. The molecule has 6 unspecified atom stereocenters. The van der Waals surface area contributed by atoms with Gasteiger partial charge in [-0.2, -0.15) is 0 Å². The van der Waals surface area contributed by atoms with Crippen molar-refractivity contribution in [3.8, 4) is 0 Å². The lowest BCUT2D eigenvalue weighted by molar-refractivity contribution is -0.243. The van der Waals surface area contributed by atoms with Crippen LogP contribution in [0, 0.1) is 0 Å². The van der Waals surface area contributed by atoms with Crippen molar-refractivity contribution in [1.29, 1.82) is 0 Å². The topological polar surface area (TPSA) is 255 Å². The third kappa shape index (κ3) is 6.22. The van der Waals surface area contributed by atoms with Crippen LogP contribution in [-0.2, 0) is 38.1 Å². The first kappa shape index (κ1) is 33.0. The average molecular weight is 691 g/mol. The number of para-hydroxylation sites is 1. The molecule has 3 aromatic rings. The van der Waals surface area contributed by atoms with Crippen molar-refractivity contribution < 1.29 is 48.3 Å². The van der Waals surface area contributed by atoms with Crippen molar-refractivity contribution >= 4 is 29.1 Å². The number of nitrogens with one attached hydrogen (secondary N) is 3. The first-order valence-corrected chi connectivity index (χ1v) is 15.3. The molecule has 2 aromatic carbocycles. The first-order chi connectivity index (χ1) is 24.1. The third-order valence-corrected chi connectivity index (χ3v) is 8.41. The van der Waals surface area contributed by atoms with Gasteiger partial charge in [0.1, 0.15) is 37.3 Å². The molecule has 4 aliphatic heterocycles. The number of aliphatic hydroxyl groups excluding tert-OH is 2. The highest BCUT2D eigenvalue weighted by Crippen LogP contribution is 2.39. The minimum Gasteiger partial charge on any atom is -0.456 e. The number of benzene rings is 2. The average Bonchev–Trinajstić information content (AvgIpc) is 3.68. The Morgan fingerprint density at radius 1 is 1.02 bits per heavy atom. The molecule has 0 spiro atoms. The number of aromatic nitrogens is 2. The standard InChI is InChI=1S/C32H30N6O12/c33-26(42)24(23-22-25(47-13-46-22)30(49-23)38-11-10-19(40)35-32(38)45)50-31-21(41)17(39)12-18(48-31)28(43)37-27-29(44)34-16-9-5-4-8-15(16)20(36-27)14-6-2-1-3-7-14/h1-12,17,21-25,27,30-31,39,41H,13H2,(H2,33,42)(H,34,44)(H,37,43)(H,35,40,45)/t17?,21?,22?,23-,24?,25?,27?,30+,31+/m0/s1. The van der Waals surface area contributed by atoms with Crippen LogP contribution in [0.15, 0.2) is 93.3 Å². The lowest BCUT2D eigenvalue weighted by Gasteiger charge is -2.35. The zero-order valence-electron chi connectivity index (χ0n) is 25.8. The predicted molar refractivity (Wildman–Crippen MR) is 168 cm³/mol. The maximum atomic E-state index is 13.5. The third-order valence-electron chi connectivity index (χ3n) is 8.41. The molecule has 4 aliphatic rings. The van der Waals surface area contributed by atoms with Gasteiger partial charge in [-0.1, -0.05) is 48.5 Å². The SMILES string of the molecule is NC(=O)C(O[C@H]1OC(C(=O)NC2N=C(c3ccccc3)c3ccccc3NC2=O)=CC(O)C1O)[C@H]1O[C@@H](n2ccc(=O)[nH]c2=O)C2OCOC21. The van der Waals surface area contributed by atoms with Gasteiger partial charge in [0, 0.05) is 23.4 Å². The molecule has 50 heavy (non-hydrogen) atoms. The minimum atomic E-state index is -1.87. The summed E-state index contributed by atoms with van der Waals surface area (Å²) in [7, 11) is 0. The maximum Gasteiger partial charge on any atom is 0.330 e. The van der Waals surface area contributed by atoms with E-state index in [0.29, 0.717) is 22.5 Å². The number of aliphatic hydroxyl groups is 2. The largest absolute Gasteiger partial charge is 0.456 e. The molecule has 7 rings (SSSR count). The fraction of sp³-hybridized carbons (Fsp3) is 0.312. The number of ether oxygens (including phenoxy) is 5. The van der Waals surface area contributed by atoms with E-state index < -0.39 is 90.0 Å². The Balaban J connectivity index is 1.11. The van der Waals surface area contributed by atoms with E-state index in [4.69, 9.17) is 29.4 Å². The number of fused-ring (bicyclic) bond motifs is 2. The summed E-state index contributed by atoms with van der Waals surface area (Å²) in [5, 5.41) is 26.6. The molecule has 5 heterocycles. The molecule has 0 saturated carbocycles. The zero-order valence-corrected chi connectivity index (χ0v) is 25.8. The van der Waals surface area contributed by atoms with Crippen LogP contribution in [0.5, 0.6) is 0 Å². The van der Waals surface area contributed by atoms with Gasteiger partial charge in [0.2, 0.25) is 18.4 Å². The molecule has 2 saturated heterocycles. The van der Waals surface area contributed by atoms with Gasteiger partial charge in [-0.25, -0.2) is 9.79 Å². The Bertz CT molecular complexity index is 2000. The van der Waals surface area contributed by atoms with Crippen LogP contribution in [0.3, 0.4) is 0 Å². The van der Waals surface area contributed by atoms with E-state index in [2.05, 4.69) is 20.6 Å². The molecular formula is C32H30N6O12. The first-order valence-electron chi connectivity index (χ1n) is 15.3. The smallest absolute Gasteiger partial charge is 0.330 e. The summed E-state index contributed by atoms with van der Waals surface area (Å²) in [4.78, 5) is 70.2. The second-order valence-electron chi connectivity index (χ2n) is 11.6. The molecule has 9 atom stereocenters. The molecule has 3 amide bonds. The summed E-state index contributed by atoms with van der Waals surface area (Å²) < 4.78 is 29.5. The summed E-state index contributed by atoms with van der Waals surface area (Å²) in [6.07, 6.45) is -11.1. The lowest BCUT2D eigenvalue weighted by atomic mass is 10.0. The number of amides is 3. The quantitative estimate of drug-likeness (QED) is 0.149. The number of carbonyl (C=O) groups excluding carboxylic acids is 3. The highest BCUT2D eigenvalue weighted by Gasteiger charge is 2.56. The van der Waals surface area contributed by atoms with E-state index >= 15 is 0 Å². The Morgan fingerprint density at radius 3 is 2.52 bits per heavy atom. The molecule has 0 bridgehead atoms. The van der Waals surface area contributed by atoms with E-state index in [1.54, 1.807) is 48.5 Å². The summed E-state index contributed by atoms with van der Waals surface area (Å²) in [5.74, 6) is -3.35. The van der Waals surface area contributed by atoms with Crippen LogP contribution in [0.2, 0.25) is 0 Å². The number of carbonyl (C=O) groups is 3. The Hall–Kier alpha value is -5.50. The van der Waals surface area contributed by atoms with Gasteiger partial charge in [-0.15, -0.1) is 0 Å². The molecule has 260 valence electrons. The van der Waals surface area contributed by atoms with E-state index in [-0.39, 0.29) is 6.79 Å². The molecular weight excluding hydrogens is 660 g/mol. The molecule has 0 radical (unpaired) electrons. The van der Waals surface area contributed by atoms with E-state index in [0.717, 1.165) is 16.7 Å². The predicted octanol–water partition coefficient (Wildman–Crippen LogP) is -2.06. The Morgan fingerprint density at radius 2 is 1.76 bits per heavy atom. The van der Waals surface area contributed by atoms with E-state index in [1.165, 1.54) is 6.20 Å². The van der Waals surface area contributed by atoms with Crippen molar-refractivity contribution in [3.63, 3.8) is 0 Å². The van der Waals surface area contributed by atoms with Crippen molar-refractivity contribution in [3.05, 3.63) is 111 Å². The summed E-state index contributed by atoms with van der Waals surface area (Å²) in [6.45, 7) is -0.238. The number of benzodiazepines with no additional fused rings is 1. The van der Waals surface area contributed by atoms with Crippen molar-refractivity contribution in [1.82, 2.24) is 14.9 Å². The van der Waals surface area contributed by atoms with Gasteiger partial charge in [-0.05, 0) is 12.1 Å². The number of aliphatic imine (C=N–C) groups is 1. The number of nitrogens with zero attached hydrogens (tertiary/aromatic N) is 2. The molecule has 2 fully saturated rings. The highest BCUT2D eigenvalue weighted by molar-refractivity contribution is 6.20. The van der Waals surface area contributed by atoms with Gasteiger partial charge >= 0.3 is 5.69 Å². The van der Waals surface area contributed by atoms with Gasteiger partial charge in [-0.3, -0.25) is 28.7 Å². The number of primary amides is 1. The number of nitrogens with two attached hydrogens (primary N) is 1. The second-order valence-corrected chi connectivity index (χ2v) is 11.6. The second kappa shape index (κ2) is 13.4. The molecule has 7 N–H and O–H groups in total. The van der Waals surface area contributed by atoms with Crippen LogP contribution in [0.1, 0.15) is 17.4 Å². The monoisotopic (exact) mass is 690 g/mol. The highest BCUT2D eigenvalue weighted by atomic mass is 16.8. The number of hydrogen-bond acceptors (Lipinski definition) is 13. The van der Waals surface area contributed by atoms with Crippen LogP contribution in [0.25, 0.3) is 0 Å². The molecule has 18 heteroatoms. The lowest BCUT2D eigenvalue weighted by Crippen LogP contribution is -2.54. The van der Waals surface area contributed by atoms with Crippen LogP contribution in [0.4, 0.5) is 5.69 Å². The maximum absolute atomic E-state index is 13.5. The Kier molecular flexibility index (Phi) is 8.87. The zero-order chi connectivity index (χ0) is 35.1. The van der Waals surface area contributed by atoms with Crippen LogP contribution in [-0.4, -0.2) is 99.1 Å². The van der Waals surface area contributed by atoms with Crippen LogP contribution >= 0.6 is 0 Å².